The second kappa shape index (κ2) is 8.16. The highest BCUT2D eigenvalue weighted by atomic mass is 32.1. The van der Waals surface area contributed by atoms with Gasteiger partial charge in [-0.2, -0.15) is 5.10 Å². The summed E-state index contributed by atoms with van der Waals surface area (Å²) in [5, 5.41) is 8.46. The van der Waals surface area contributed by atoms with E-state index in [1.165, 1.54) is 23.5 Å². The Kier molecular flexibility index (Phi) is 5.06. The fourth-order valence-electron chi connectivity index (χ4n) is 5.20. The number of piperidine rings is 1. The van der Waals surface area contributed by atoms with Crippen molar-refractivity contribution in [1.82, 2.24) is 25.0 Å². The van der Waals surface area contributed by atoms with E-state index in [0.717, 1.165) is 23.7 Å². The molecule has 2 fully saturated rings. The van der Waals surface area contributed by atoms with Gasteiger partial charge >= 0.3 is 0 Å². The molecule has 10 heteroatoms. The molecular weight excluding hydrogens is 467 g/mol. The number of nitrogens with two attached hydrogens (primary N) is 1. The fourth-order valence-corrected chi connectivity index (χ4v) is 6.02. The summed E-state index contributed by atoms with van der Waals surface area (Å²) in [5.41, 5.74) is 8.01. The number of anilines is 1. The van der Waals surface area contributed by atoms with Crippen LogP contribution in [0.2, 0.25) is 0 Å². The van der Waals surface area contributed by atoms with Crippen LogP contribution in [0.25, 0.3) is 21.3 Å². The lowest BCUT2D eigenvalue weighted by Crippen LogP contribution is -2.45. The molecule has 3 heterocycles. The number of halogens is 1. The molecule has 0 bridgehead atoms. The highest BCUT2D eigenvalue weighted by Crippen LogP contribution is 2.49. The summed E-state index contributed by atoms with van der Waals surface area (Å²) in [6.45, 7) is 0.325. The lowest BCUT2D eigenvalue weighted by Gasteiger charge is -2.27. The number of likely N-dealkylation sites (tertiary alicyclic amines) is 1. The maximum atomic E-state index is 13.9. The number of hydrogen-bond acceptors (Lipinski definition) is 6. The van der Waals surface area contributed by atoms with Crippen molar-refractivity contribution >= 4 is 39.2 Å². The first kappa shape index (κ1) is 21.7. The van der Waals surface area contributed by atoms with E-state index in [2.05, 4.69) is 15.4 Å². The minimum absolute atomic E-state index is 0.130. The van der Waals surface area contributed by atoms with Gasteiger partial charge in [-0.25, -0.2) is 9.37 Å². The Morgan fingerprint density at radius 2 is 2.03 bits per heavy atom. The third-order valence-electron chi connectivity index (χ3n) is 6.83. The van der Waals surface area contributed by atoms with E-state index in [0.29, 0.717) is 28.6 Å². The lowest BCUT2D eigenvalue weighted by molar-refractivity contribution is 0.0684. The Bertz CT molecular complexity index is 1480. The number of aromatic nitrogens is 3. The van der Waals surface area contributed by atoms with Crippen LogP contribution in [0.1, 0.15) is 33.8 Å². The molecule has 3 N–H and O–H groups in total. The van der Waals surface area contributed by atoms with Gasteiger partial charge in [-0.15, -0.1) is 0 Å². The second-order valence-electron chi connectivity index (χ2n) is 9.10. The Balaban J connectivity index is 1.24. The van der Waals surface area contributed by atoms with Crippen LogP contribution in [0.4, 0.5) is 9.52 Å². The number of carbonyl (C=O) groups is 2. The van der Waals surface area contributed by atoms with Gasteiger partial charge in [-0.1, -0.05) is 41.7 Å². The highest BCUT2D eigenvalue weighted by Gasteiger charge is 2.54. The minimum atomic E-state index is -0.389. The Labute approximate surface area is 204 Å². The molecule has 0 spiro atoms. The van der Waals surface area contributed by atoms with Gasteiger partial charge < -0.3 is 16.0 Å². The molecule has 2 amide bonds. The topological polar surface area (TPSA) is 106 Å². The summed E-state index contributed by atoms with van der Waals surface area (Å²) in [7, 11) is 1.75. The maximum Gasteiger partial charge on any atom is 0.274 e. The molecule has 4 aromatic rings. The van der Waals surface area contributed by atoms with Crippen molar-refractivity contribution in [2.24, 2.45) is 13.0 Å². The number of nitrogens with one attached hydrogen (secondary N) is 1. The van der Waals surface area contributed by atoms with Gasteiger partial charge in [-0.05, 0) is 42.5 Å². The summed E-state index contributed by atoms with van der Waals surface area (Å²) in [4.78, 5) is 33.5. The third kappa shape index (κ3) is 3.74. The first-order chi connectivity index (χ1) is 16.9. The summed E-state index contributed by atoms with van der Waals surface area (Å²) in [5.74, 6) is -0.425. The summed E-state index contributed by atoms with van der Waals surface area (Å²) < 4.78 is 15.4. The molecule has 1 aliphatic heterocycles. The highest BCUT2D eigenvalue weighted by molar-refractivity contribution is 7.19. The van der Waals surface area contributed by atoms with Gasteiger partial charge in [0.25, 0.3) is 11.8 Å². The van der Waals surface area contributed by atoms with Crippen LogP contribution in [-0.4, -0.2) is 50.1 Å². The SMILES string of the molecule is Cn1nc2ccccc2c1C(=O)NC[C@@H]1C[C@@H]2C[C@@H]2N1C(=O)c1nc(N)sc1-c1cccc(F)c1. The second-order valence-corrected chi connectivity index (χ2v) is 10.1. The van der Waals surface area contributed by atoms with Crippen LogP contribution in [0.5, 0.6) is 0 Å². The summed E-state index contributed by atoms with van der Waals surface area (Å²) >= 11 is 1.17. The molecule has 1 aliphatic carbocycles. The van der Waals surface area contributed by atoms with Crippen LogP contribution in [-0.2, 0) is 7.05 Å². The van der Waals surface area contributed by atoms with Crippen molar-refractivity contribution in [3.8, 4) is 10.4 Å². The van der Waals surface area contributed by atoms with Crippen molar-refractivity contribution in [1.29, 1.82) is 0 Å². The number of carbonyl (C=O) groups excluding carboxylic acids is 2. The standard InChI is InChI=1S/C25H23FN6O2S/c1-31-21(17-7-2-3-8-18(17)30-31)23(33)28-12-16-10-14-11-19(14)32(16)24(34)20-22(35-25(27)29-20)13-5-4-6-15(26)9-13/h2-9,14,16,19H,10-12H2,1H3,(H2,27,29)(H,28,33)/t14-,16+,19+/m1/s1. The van der Waals surface area contributed by atoms with E-state index in [4.69, 9.17) is 5.73 Å². The number of fused-ring (bicyclic) bond motifs is 2. The van der Waals surface area contributed by atoms with Crippen LogP contribution < -0.4 is 11.1 Å². The predicted molar refractivity (Wildman–Crippen MR) is 131 cm³/mol. The number of amides is 2. The number of thiazole rings is 1. The zero-order chi connectivity index (χ0) is 24.3. The van der Waals surface area contributed by atoms with Crippen LogP contribution in [0, 0.1) is 11.7 Å². The molecule has 2 aliphatic rings. The number of rotatable bonds is 5. The summed E-state index contributed by atoms with van der Waals surface area (Å²) in [6, 6.07) is 13.6. The van der Waals surface area contributed by atoms with Crippen LogP contribution in [0.3, 0.4) is 0 Å². The summed E-state index contributed by atoms with van der Waals surface area (Å²) in [6.07, 6.45) is 1.76. The van der Waals surface area contributed by atoms with Crippen molar-refractivity contribution in [2.75, 3.05) is 12.3 Å². The first-order valence-electron chi connectivity index (χ1n) is 11.5. The molecule has 178 valence electrons. The Morgan fingerprint density at radius 3 is 2.86 bits per heavy atom. The zero-order valence-corrected chi connectivity index (χ0v) is 19.8. The molecule has 1 saturated heterocycles. The van der Waals surface area contributed by atoms with Gasteiger partial charge in [0.1, 0.15) is 17.2 Å². The van der Waals surface area contributed by atoms with Gasteiger partial charge in [-0.3, -0.25) is 14.3 Å². The number of nitrogens with zero attached hydrogens (tertiary/aromatic N) is 4. The average Bonchev–Trinajstić information content (AvgIpc) is 3.16. The van der Waals surface area contributed by atoms with Crippen LogP contribution in [0.15, 0.2) is 48.5 Å². The lowest BCUT2D eigenvalue weighted by atomic mass is 10.1. The Morgan fingerprint density at radius 1 is 1.20 bits per heavy atom. The smallest absolute Gasteiger partial charge is 0.274 e. The normalized spacial score (nSPS) is 20.7. The van der Waals surface area contributed by atoms with E-state index in [9.17, 15) is 14.0 Å². The van der Waals surface area contributed by atoms with Gasteiger partial charge in [0.05, 0.1) is 16.4 Å². The number of aryl methyl sites for hydroxylation is 1. The predicted octanol–water partition coefficient (Wildman–Crippen LogP) is 3.45. The molecule has 6 rings (SSSR count). The number of benzene rings is 2. The molecule has 0 radical (unpaired) electrons. The van der Waals surface area contributed by atoms with E-state index >= 15 is 0 Å². The van der Waals surface area contributed by atoms with Crippen molar-refractivity contribution < 1.29 is 14.0 Å². The maximum absolute atomic E-state index is 13.9. The van der Waals surface area contributed by atoms with E-state index in [-0.39, 0.29) is 40.5 Å². The van der Waals surface area contributed by atoms with E-state index in [1.807, 2.05) is 29.2 Å². The monoisotopic (exact) mass is 490 g/mol. The van der Waals surface area contributed by atoms with Gasteiger partial charge in [0.15, 0.2) is 5.13 Å². The molecule has 0 unspecified atom stereocenters. The van der Waals surface area contributed by atoms with Gasteiger partial charge in [0.2, 0.25) is 0 Å². The molecule has 8 nitrogen and oxygen atoms in total. The molecule has 1 saturated carbocycles. The van der Waals surface area contributed by atoms with E-state index < -0.39 is 0 Å². The van der Waals surface area contributed by atoms with E-state index in [1.54, 1.807) is 23.9 Å². The van der Waals surface area contributed by atoms with Crippen molar-refractivity contribution in [3.63, 3.8) is 0 Å². The molecule has 2 aromatic heterocycles. The largest absolute Gasteiger partial charge is 0.375 e. The molecule has 2 aromatic carbocycles. The molecular formula is C25H23FN6O2S. The zero-order valence-electron chi connectivity index (χ0n) is 18.9. The third-order valence-corrected chi connectivity index (χ3v) is 7.77. The average molecular weight is 491 g/mol. The van der Waals surface area contributed by atoms with Crippen LogP contribution >= 0.6 is 11.3 Å². The number of hydrogen-bond donors (Lipinski definition) is 2. The molecule has 3 atom stereocenters. The van der Waals surface area contributed by atoms with Crippen molar-refractivity contribution in [2.45, 2.75) is 24.9 Å². The van der Waals surface area contributed by atoms with Gasteiger partial charge in [0, 0.05) is 25.0 Å². The Hall–Kier alpha value is -3.79. The molecule has 35 heavy (non-hydrogen) atoms. The van der Waals surface area contributed by atoms with Crippen molar-refractivity contribution in [3.05, 3.63) is 65.7 Å². The quantitative estimate of drug-likeness (QED) is 0.446. The fraction of sp³-hybridized carbons (Fsp3) is 0.280. The first-order valence-corrected chi connectivity index (χ1v) is 12.3. The minimum Gasteiger partial charge on any atom is -0.375 e. The number of nitrogen functional groups attached to an aromatic ring is 1.